The van der Waals surface area contributed by atoms with Crippen LogP contribution >= 0.6 is 23.1 Å². The van der Waals surface area contributed by atoms with Gasteiger partial charge in [0.15, 0.2) is 10.8 Å². The van der Waals surface area contributed by atoms with E-state index in [-0.39, 0.29) is 0 Å². The molecular weight excluding hydrogens is 336 g/mol. The lowest BCUT2D eigenvalue weighted by Gasteiger charge is -2.10. The number of nitrogens with zero attached hydrogens (tertiary/aromatic N) is 4. The molecule has 0 unspecified atom stereocenters. The third-order valence-corrected chi connectivity index (χ3v) is 6.75. The Morgan fingerprint density at radius 2 is 2.00 bits per heavy atom. The largest absolute Gasteiger partial charge is 0.259 e. The van der Waals surface area contributed by atoms with E-state index in [0.29, 0.717) is 0 Å². The van der Waals surface area contributed by atoms with E-state index in [4.69, 9.17) is 4.98 Å². The molecule has 5 rings (SSSR count). The molecule has 24 heavy (non-hydrogen) atoms. The fourth-order valence-corrected chi connectivity index (χ4v) is 5.60. The Balaban J connectivity index is 1.62. The molecule has 0 aliphatic heterocycles. The highest BCUT2D eigenvalue weighted by Crippen LogP contribution is 2.38. The minimum atomic E-state index is 0.901. The summed E-state index contributed by atoms with van der Waals surface area (Å²) in [7, 11) is 0. The molecule has 1 aliphatic rings. The zero-order valence-corrected chi connectivity index (χ0v) is 14.7. The molecule has 1 aliphatic carbocycles. The smallest absolute Gasteiger partial charge is 0.176 e. The minimum absolute atomic E-state index is 0.901. The second-order valence-electron chi connectivity index (χ2n) is 6.08. The number of rotatable bonds is 3. The molecule has 4 aromatic rings. The van der Waals surface area contributed by atoms with Crippen LogP contribution in [0.2, 0.25) is 0 Å². The summed E-state index contributed by atoms with van der Waals surface area (Å²) in [6.45, 7) is 0. The predicted octanol–water partition coefficient (Wildman–Crippen LogP) is 4.51. The van der Waals surface area contributed by atoms with Crippen molar-refractivity contribution in [3.8, 4) is 0 Å². The number of fused-ring (bicyclic) bond motifs is 5. The maximum absolute atomic E-state index is 4.96. The van der Waals surface area contributed by atoms with Crippen molar-refractivity contribution in [3.63, 3.8) is 0 Å². The van der Waals surface area contributed by atoms with Gasteiger partial charge < -0.3 is 0 Å². The Labute approximate surface area is 147 Å². The van der Waals surface area contributed by atoms with Crippen LogP contribution in [0.25, 0.3) is 15.9 Å². The second-order valence-corrected chi connectivity index (χ2v) is 8.11. The van der Waals surface area contributed by atoms with Crippen molar-refractivity contribution in [1.82, 2.24) is 19.6 Å². The van der Waals surface area contributed by atoms with Gasteiger partial charge in [0.05, 0.1) is 5.39 Å². The molecular formula is C18H16N4S2. The van der Waals surface area contributed by atoms with Crippen molar-refractivity contribution in [2.24, 2.45) is 0 Å². The Morgan fingerprint density at radius 3 is 2.92 bits per heavy atom. The van der Waals surface area contributed by atoms with Crippen molar-refractivity contribution in [2.75, 3.05) is 0 Å². The van der Waals surface area contributed by atoms with Crippen molar-refractivity contribution < 1.29 is 0 Å². The lowest BCUT2D eigenvalue weighted by Crippen LogP contribution is -2.00. The van der Waals surface area contributed by atoms with E-state index >= 15 is 0 Å². The number of hydrogen-bond acceptors (Lipinski definition) is 5. The van der Waals surface area contributed by atoms with Gasteiger partial charge in [0, 0.05) is 10.6 Å². The number of aromatic nitrogens is 4. The molecule has 0 bridgehead atoms. The number of benzene rings is 1. The van der Waals surface area contributed by atoms with E-state index in [9.17, 15) is 0 Å². The maximum Gasteiger partial charge on any atom is 0.176 e. The summed E-state index contributed by atoms with van der Waals surface area (Å²) in [4.78, 5) is 7.58. The topological polar surface area (TPSA) is 43.1 Å². The van der Waals surface area contributed by atoms with E-state index in [0.717, 1.165) is 27.8 Å². The molecule has 3 heterocycles. The number of hydrogen-bond donors (Lipinski definition) is 0. The monoisotopic (exact) mass is 352 g/mol. The molecule has 0 saturated carbocycles. The van der Waals surface area contributed by atoms with Gasteiger partial charge in [0.1, 0.15) is 11.2 Å². The van der Waals surface area contributed by atoms with Crippen molar-refractivity contribution in [1.29, 1.82) is 0 Å². The normalized spacial score (nSPS) is 14.3. The average molecular weight is 352 g/mol. The molecule has 0 N–H and O–H groups in total. The Kier molecular flexibility index (Phi) is 3.52. The van der Waals surface area contributed by atoms with Crippen LogP contribution in [0.1, 0.15) is 28.8 Å². The zero-order valence-electron chi connectivity index (χ0n) is 13.1. The first-order valence-corrected chi connectivity index (χ1v) is 10.0. The summed E-state index contributed by atoms with van der Waals surface area (Å²) in [6.07, 6.45) is 6.68. The average Bonchev–Trinajstić information content (AvgIpc) is 3.24. The van der Waals surface area contributed by atoms with Gasteiger partial charge in [-0.3, -0.25) is 4.40 Å². The Bertz CT molecular complexity index is 1020. The van der Waals surface area contributed by atoms with Gasteiger partial charge in [-0.15, -0.1) is 21.5 Å². The summed E-state index contributed by atoms with van der Waals surface area (Å²) >= 11 is 3.60. The van der Waals surface area contributed by atoms with Crippen LogP contribution in [0.4, 0.5) is 0 Å². The van der Waals surface area contributed by atoms with Gasteiger partial charge in [-0.2, -0.15) is 0 Å². The molecule has 4 nitrogen and oxygen atoms in total. The Morgan fingerprint density at radius 1 is 1.12 bits per heavy atom. The highest BCUT2D eigenvalue weighted by molar-refractivity contribution is 7.98. The molecule has 0 amide bonds. The van der Waals surface area contributed by atoms with Gasteiger partial charge in [-0.05, 0) is 36.8 Å². The van der Waals surface area contributed by atoms with Crippen LogP contribution in [0, 0.1) is 0 Å². The van der Waals surface area contributed by atoms with Crippen molar-refractivity contribution in [2.45, 2.75) is 36.6 Å². The number of aryl methyl sites for hydroxylation is 2. The standard InChI is InChI=1S/C18H16N4S2/c1-2-6-12(7-3-1)10-23-18-20-17-15(16-21-19-11-22(16)18)13-8-4-5-9-14(13)24-17/h1-3,6-7,11H,4-5,8-10H2. The molecule has 0 spiro atoms. The molecule has 0 fully saturated rings. The molecule has 0 saturated heterocycles. The third kappa shape index (κ3) is 2.32. The predicted molar refractivity (Wildman–Crippen MR) is 98.8 cm³/mol. The van der Waals surface area contributed by atoms with E-state index in [2.05, 4.69) is 38.9 Å². The van der Waals surface area contributed by atoms with E-state index in [1.165, 1.54) is 40.7 Å². The van der Waals surface area contributed by atoms with Crippen LogP contribution in [0.15, 0.2) is 41.8 Å². The highest BCUT2D eigenvalue weighted by Gasteiger charge is 2.21. The zero-order chi connectivity index (χ0) is 15.9. The van der Waals surface area contributed by atoms with E-state index in [1.807, 2.05) is 17.4 Å². The second kappa shape index (κ2) is 5.86. The minimum Gasteiger partial charge on any atom is -0.259 e. The van der Waals surface area contributed by atoms with Crippen LogP contribution in [-0.4, -0.2) is 19.6 Å². The highest BCUT2D eigenvalue weighted by atomic mass is 32.2. The first-order chi connectivity index (χ1) is 11.9. The summed E-state index contributed by atoms with van der Waals surface area (Å²) in [5.41, 5.74) is 3.73. The summed E-state index contributed by atoms with van der Waals surface area (Å²) < 4.78 is 2.05. The fourth-order valence-electron chi connectivity index (χ4n) is 3.37. The van der Waals surface area contributed by atoms with Gasteiger partial charge in [0.2, 0.25) is 0 Å². The molecule has 0 radical (unpaired) electrons. The number of thioether (sulfide) groups is 1. The Hall–Kier alpha value is -1.92. The lowest BCUT2D eigenvalue weighted by molar-refractivity contribution is 0.700. The van der Waals surface area contributed by atoms with Crippen LogP contribution in [0.5, 0.6) is 0 Å². The SMILES string of the molecule is c1ccc(CSc2nc3sc4c(c3c3nncn23)CCCC4)cc1. The van der Waals surface area contributed by atoms with Gasteiger partial charge in [-0.25, -0.2) is 4.98 Å². The quantitative estimate of drug-likeness (QED) is 0.402. The van der Waals surface area contributed by atoms with Gasteiger partial charge in [-0.1, -0.05) is 42.1 Å². The molecule has 120 valence electrons. The molecule has 0 atom stereocenters. The fraction of sp³-hybridized carbons (Fsp3) is 0.278. The third-order valence-electron chi connectivity index (χ3n) is 4.54. The van der Waals surface area contributed by atoms with Gasteiger partial charge >= 0.3 is 0 Å². The molecule has 6 heteroatoms. The first-order valence-electron chi connectivity index (χ1n) is 8.21. The number of thiophene rings is 1. The molecule has 1 aromatic carbocycles. The van der Waals surface area contributed by atoms with Crippen LogP contribution < -0.4 is 0 Å². The van der Waals surface area contributed by atoms with Crippen molar-refractivity contribution in [3.05, 3.63) is 52.7 Å². The first kappa shape index (κ1) is 14.4. The summed E-state index contributed by atoms with van der Waals surface area (Å²) in [5, 5.41) is 10.8. The van der Waals surface area contributed by atoms with Crippen LogP contribution in [-0.2, 0) is 18.6 Å². The maximum atomic E-state index is 4.96. The molecule has 3 aromatic heterocycles. The van der Waals surface area contributed by atoms with E-state index < -0.39 is 0 Å². The van der Waals surface area contributed by atoms with Crippen molar-refractivity contribution >= 4 is 39.0 Å². The van der Waals surface area contributed by atoms with E-state index in [1.54, 1.807) is 18.1 Å². The summed E-state index contributed by atoms with van der Waals surface area (Å²) in [5.74, 6) is 0.901. The lowest BCUT2D eigenvalue weighted by atomic mass is 9.97. The summed E-state index contributed by atoms with van der Waals surface area (Å²) in [6, 6.07) is 10.5. The van der Waals surface area contributed by atoms with Gasteiger partial charge in [0.25, 0.3) is 0 Å². The van der Waals surface area contributed by atoms with Crippen LogP contribution in [0.3, 0.4) is 0 Å².